The highest BCUT2D eigenvalue weighted by atomic mass is 28.1. The lowest BCUT2D eigenvalue weighted by molar-refractivity contribution is 0.604. The van der Waals surface area contributed by atoms with Crippen LogP contribution in [0.2, 0.25) is 6.04 Å². The summed E-state index contributed by atoms with van der Waals surface area (Å²) in [6, 6.07) is 10.3. The first-order chi connectivity index (χ1) is 8.22. The average molecular weight is 243 g/mol. The van der Waals surface area contributed by atoms with Crippen molar-refractivity contribution in [1.82, 2.24) is 0 Å². The molecule has 0 spiro atoms. The quantitative estimate of drug-likeness (QED) is 0.670. The van der Waals surface area contributed by atoms with E-state index in [1.165, 1.54) is 18.2 Å². The molecule has 0 bridgehead atoms. The maximum absolute atomic E-state index is 13.9. The molecule has 1 unspecified atom stereocenters. The maximum Gasteiger partial charge on any atom is 0.127 e. The zero-order chi connectivity index (χ0) is 12.0. The number of hydrogen-bond acceptors (Lipinski definition) is 0. The molecule has 1 atom stereocenters. The van der Waals surface area contributed by atoms with Gasteiger partial charge in [0.25, 0.3) is 0 Å². The van der Waals surface area contributed by atoms with E-state index in [1.54, 1.807) is 12.1 Å². The van der Waals surface area contributed by atoms with Gasteiger partial charge in [0.15, 0.2) is 0 Å². The number of hydrogen-bond donors (Lipinski definition) is 0. The van der Waals surface area contributed by atoms with Crippen LogP contribution >= 0.6 is 0 Å². The Labute approximate surface area is 102 Å². The highest BCUT2D eigenvalue weighted by Crippen LogP contribution is 2.47. The molecule has 0 nitrogen and oxygen atoms in total. The molecule has 0 saturated carbocycles. The standard InChI is InChI=1S/C14H9F2Si/c15-8-4-5-9-10-2-1-3-13(16)14(10)12(7-17)11(9)6-8/h1-6,12H,7H2. The van der Waals surface area contributed by atoms with E-state index in [9.17, 15) is 8.78 Å². The lowest BCUT2D eigenvalue weighted by atomic mass is 9.98. The van der Waals surface area contributed by atoms with E-state index in [2.05, 4.69) is 10.2 Å². The largest absolute Gasteiger partial charge is 0.207 e. The Morgan fingerprint density at radius 3 is 2.65 bits per heavy atom. The van der Waals surface area contributed by atoms with Gasteiger partial charge in [0.05, 0.1) is 0 Å². The van der Waals surface area contributed by atoms with Crippen LogP contribution in [-0.2, 0) is 0 Å². The van der Waals surface area contributed by atoms with E-state index in [4.69, 9.17) is 0 Å². The number of benzene rings is 2. The second kappa shape index (κ2) is 3.77. The summed E-state index contributed by atoms with van der Waals surface area (Å²) < 4.78 is 27.2. The van der Waals surface area contributed by atoms with Crippen molar-refractivity contribution in [3.8, 4) is 11.1 Å². The number of halogens is 2. The Morgan fingerprint density at radius 1 is 1.06 bits per heavy atom. The third-order valence-electron chi connectivity index (χ3n) is 3.28. The van der Waals surface area contributed by atoms with Gasteiger partial charge >= 0.3 is 0 Å². The van der Waals surface area contributed by atoms with Gasteiger partial charge in [-0.1, -0.05) is 24.2 Å². The predicted octanol–water partition coefficient (Wildman–Crippen LogP) is 3.66. The van der Waals surface area contributed by atoms with E-state index in [0.717, 1.165) is 16.7 Å². The summed E-state index contributed by atoms with van der Waals surface area (Å²) in [4.78, 5) is 0. The summed E-state index contributed by atoms with van der Waals surface area (Å²) in [7, 11) is 3.44. The van der Waals surface area contributed by atoms with Crippen molar-refractivity contribution in [3.05, 3.63) is 59.2 Å². The molecule has 2 aromatic rings. The van der Waals surface area contributed by atoms with Crippen molar-refractivity contribution in [1.29, 1.82) is 0 Å². The predicted molar refractivity (Wildman–Crippen MR) is 64.2 cm³/mol. The van der Waals surface area contributed by atoms with E-state index in [0.29, 0.717) is 11.6 Å². The monoisotopic (exact) mass is 243 g/mol. The molecule has 0 aromatic heterocycles. The smallest absolute Gasteiger partial charge is 0.127 e. The molecule has 17 heavy (non-hydrogen) atoms. The summed E-state index contributed by atoms with van der Waals surface area (Å²) in [6.07, 6.45) is 0. The van der Waals surface area contributed by atoms with Crippen LogP contribution in [0, 0.1) is 11.6 Å². The Balaban J connectivity index is 2.33. The topological polar surface area (TPSA) is 0 Å². The molecule has 0 amide bonds. The first-order valence-electron chi connectivity index (χ1n) is 5.45. The summed E-state index contributed by atoms with van der Waals surface area (Å²) in [5.41, 5.74) is 3.34. The molecule has 83 valence electrons. The fourth-order valence-electron chi connectivity index (χ4n) is 2.56. The van der Waals surface area contributed by atoms with Crippen molar-refractivity contribution in [2.75, 3.05) is 0 Å². The van der Waals surface area contributed by atoms with Gasteiger partial charge < -0.3 is 0 Å². The second-order valence-electron chi connectivity index (χ2n) is 4.19. The summed E-state index contributed by atoms with van der Waals surface area (Å²) >= 11 is 0. The van der Waals surface area contributed by atoms with E-state index >= 15 is 0 Å². The minimum absolute atomic E-state index is 0.103. The van der Waals surface area contributed by atoms with Crippen LogP contribution in [0.1, 0.15) is 17.0 Å². The normalized spacial score (nSPS) is 16.8. The molecule has 1 aliphatic carbocycles. The lowest BCUT2D eigenvalue weighted by Gasteiger charge is -2.10. The van der Waals surface area contributed by atoms with Crippen LogP contribution in [-0.4, -0.2) is 10.2 Å². The van der Waals surface area contributed by atoms with Crippen LogP contribution in [0.15, 0.2) is 36.4 Å². The summed E-state index contributed by atoms with van der Waals surface area (Å²) in [6.45, 7) is 0. The molecular weight excluding hydrogens is 234 g/mol. The van der Waals surface area contributed by atoms with Gasteiger partial charge in [0, 0.05) is 21.7 Å². The molecule has 3 heteroatoms. The molecule has 0 saturated heterocycles. The third-order valence-corrected chi connectivity index (χ3v) is 3.69. The van der Waals surface area contributed by atoms with Gasteiger partial charge in [-0.05, 0) is 34.9 Å². The molecule has 3 radical (unpaired) electrons. The van der Waals surface area contributed by atoms with E-state index in [1.807, 2.05) is 6.07 Å². The van der Waals surface area contributed by atoms with Crippen molar-refractivity contribution in [3.63, 3.8) is 0 Å². The van der Waals surface area contributed by atoms with Gasteiger partial charge in [-0.2, -0.15) is 0 Å². The maximum atomic E-state index is 13.9. The van der Waals surface area contributed by atoms with Gasteiger partial charge in [-0.15, -0.1) is 0 Å². The van der Waals surface area contributed by atoms with Crippen LogP contribution in [0.3, 0.4) is 0 Å². The summed E-state index contributed by atoms with van der Waals surface area (Å²) in [5, 5.41) is 0. The molecule has 3 rings (SSSR count). The Hall–Kier alpha value is -1.48. The van der Waals surface area contributed by atoms with Crippen molar-refractivity contribution >= 4 is 10.2 Å². The lowest BCUT2D eigenvalue weighted by Crippen LogP contribution is -1.98. The van der Waals surface area contributed by atoms with Crippen molar-refractivity contribution < 1.29 is 8.78 Å². The molecular formula is C14H9F2Si. The van der Waals surface area contributed by atoms with Crippen LogP contribution in [0.25, 0.3) is 11.1 Å². The molecule has 0 fully saturated rings. The Kier molecular flexibility index (Phi) is 2.36. The third kappa shape index (κ3) is 1.46. The van der Waals surface area contributed by atoms with E-state index in [-0.39, 0.29) is 17.6 Å². The van der Waals surface area contributed by atoms with Gasteiger partial charge in [0.1, 0.15) is 11.6 Å². The highest BCUT2D eigenvalue weighted by Gasteiger charge is 2.30. The number of fused-ring (bicyclic) bond motifs is 3. The van der Waals surface area contributed by atoms with Crippen LogP contribution < -0.4 is 0 Å². The zero-order valence-corrected chi connectivity index (χ0v) is 10.0. The van der Waals surface area contributed by atoms with Crippen LogP contribution in [0.5, 0.6) is 0 Å². The molecule has 0 aliphatic heterocycles. The van der Waals surface area contributed by atoms with Crippen molar-refractivity contribution in [2.24, 2.45) is 0 Å². The minimum atomic E-state index is -0.276. The number of rotatable bonds is 1. The molecule has 2 aromatic carbocycles. The molecule has 0 N–H and O–H groups in total. The van der Waals surface area contributed by atoms with E-state index < -0.39 is 0 Å². The van der Waals surface area contributed by atoms with Gasteiger partial charge in [-0.3, -0.25) is 0 Å². The first kappa shape index (κ1) is 10.7. The average Bonchev–Trinajstić information content (AvgIpc) is 2.63. The van der Waals surface area contributed by atoms with Gasteiger partial charge in [0.2, 0.25) is 0 Å². The van der Waals surface area contributed by atoms with Gasteiger partial charge in [-0.25, -0.2) is 8.78 Å². The minimum Gasteiger partial charge on any atom is -0.207 e. The fraction of sp³-hybridized carbons (Fsp3) is 0.143. The summed E-state index contributed by atoms with van der Waals surface area (Å²) in [5.74, 6) is -0.599. The van der Waals surface area contributed by atoms with Crippen LogP contribution in [0.4, 0.5) is 8.78 Å². The SMILES string of the molecule is Fc1ccc2c(c1)C(C[Si])c1c(F)cccc1-2. The first-order valence-corrected chi connectivity index (χ1v) is 6.16. The highest BCUT2D eigenvalue weighted by molar-refractivity contribution is 6.09. The zero-order valence-electron chi connectivity index (χ0n) is 9.00. The van der Waals surface area contributed by atoms with Crippen molar-refractivity contribution in [2.45, 2.75) is 12.0 Å². The Bertz CT molecular complexity index is 593. The Morgan fingerprint density at radius 2 is 1.88 bits per heavy atom. The second-order valence-corrected chi connectivity index (χ2v) is 4.60. The molecule has 0 heterocycles. The molecule has 1 aliphatic rings. The fourth-order valence-corrected chi connectivity index (χ4v) is 2.98.